The summed E-state index contributed by atoms with van der Waals surface area (Å²) < 4.78 is 0. The minimum atomic E-state index is -0.668. The number of likely N-dealkylation sites (tertiary alicyclic amines) is 1. The highest BCUT2D eigenvalue weighted by atomic mass is 35.5. The van der Waals surface area contributed by atoms with Gasteiger partial charge >= 0.3 is 0 Å². The molecule has 0 aliphatic carbocycles. The van der Waals surface area contributed by atoms with Gasteiger partial charge in [0.1, 0.15) is 0 Å². The maximum absolute atomic E-state index is 13.0. The minimum absolute atomic E-state index is 0.0242. The van der Waals surface area contributed by atoms with Crippen LogP contribution in [-0.2, 0) is 4.79 Å². The van der Waals surface area contributed by atoms with Gasteiger partial charge in [0.15, 0.2) is 0 Å². The second-order valence-corrected chi connectivity index (χ2v) is 7.72. The fourth-order valence-electron chi connectivity index (χ4n) is 2.80. The van der Waals surface area contributed by atoms with Gasteiger partial charge in [-0.05, 0) is 51.3 Å². The highest BCUT2D eigenvalue weighted by Gasteiger charge is 2.27. The van der Waals surface area contributed by atoms with Gasteiger partial charge in [0.05, 0.1) is 11.0 Å². The maximum atomic E-state index is 13.0. The van der Waals surface area contributed by atoms with Crippen LogP contribution in [0, 0.1) is 5.41 Å². The van der Waals surface area contributed by atoms with Crippen LogP contribution in [0.5, 0.6) is 0 Å². The lowest BCUT2D eigenvalue weighted by molar-refractivity contribution is -0.122. The summed E-state index contributed by atoms with van der Waals surface area (Å²) in [5.74, 6) is 0.0985. The van der Waals surface area contributed by atoms with E-state index in [4.69, 9.17) is 11.6 Å². The molecule has 0 aromatic heterocycles. The molecule has 0 spiro atoms. The summed E-state index contributed by atoms with van der Waals surface area (Å²) in [7, 11) is 3.83. The van der Waals surface area contributed by atoms with Crippen molar-refractivity contribution in [2.75, 3.05) is 43.3 Å². The zero-order valence-electron chi connectivity index (χ0n) is 15.6. The fourth-order valence-corrected chi connectivity index (χ4v) is 2.92. The molecule has 0 radical (unpaired) electrons. The van der Waals surface area contributed by atoms with E-state index in [0.717, 1.165) is 31.6 Å². The number of nitrogens with one attached hydrogen (secondary N) is 1. The molecule has 2 amide bonds. The fraction of sp³-hybridized carbons (Fsp3) is 0.579. The zero-order valence-corrected chi connectivity index (χ0v) is 16.3. The SMILES string of the molecule is CN(C)c1ccc(NC(=O)C(C)(C)CCl)cc1C(=O)N1CCCCC1. The number of halogens is 1. The first-order valence-electron chi connectivity index (χ1n) is 8.74. The third kappa shape index (κ3) is 4.66. The average Bonchev–Trinajstić information content (AvgIpc) is 2.61. The minimum Gasteiger partial charge on any atom is -0.377 e. The number of rotatable bonds is 5. The smallest absolute Gasteiger partial charge is 0.256 e. The summed E-state index contributed by atoms with van der Waals surface area (Å²) >= 11 is 5.88. The number of carbonyl (C=O) groups excluding carboxylic acids is 2. The molecule has 1 aromatic rings. The molecule has 1 aliphatic heterocycles. The molecule has 2 rings (SSSR count). The molecule has 5 nitrogen and oxygen atoms in total. The molecule has 138 valence electrons. The lowest BCUT2D eigenvalue weighted by Gasteiger charge is -2.29. The van der Waals surface area contributed by atoms with Crippen LogP contribution in [0.25, 0.3) is 0 Å². The summed E-state index contributed by atoms with van der Waals surface area (Å²) in [5.41, 5.74) is 1.42. The molecule has 25 heavy (non-hydrogen) atoms. The van der Waals surface area contributed by atoms with Gasteiger partial charge in [0, 0.05) is 44.4 Å². The quantitative estimate of drug-likeness (QED) is 0.811. The number of alkyl halides is 1. The van der Waals surface area contributed by atoms with Gasteiger partial charge in [0.2, 0.25) is 5.91 Å². The molecule has 1 heterocycles. The maximum Gasteiger partial charge on any atom is 0.256 e. The van der Waals surface area contributed by atoms with Crippen molar-refractivity contribution in [3.05, 3.63) is 23.8 Å². The van der Waals surface area contributed by atoms with E-state index < -0.39 is 5.41 Å². The third-order valence-electron chi connectivity index (χ3n) is 4.56. The number of hydrogen-bond donors (Lipinski definition) is 1. The normalized spacial score (nSPS) is 15.0. The highest BCUT2D eigenvalue weighted by Crippen LogP contribution is 2.27. The Bertz CT molecular complexity index is 638. The van der Waals surface area contributed by atoms with Crippen LogP contribution < -0.4 is 10.2 Å². The van der Waals surface area contributed by atoms with E-state index in [-0.39, 0.29) is 17.7 Å². The lowest BCUT2D eigenvalue weighted by atomic mass is 9.95. The van der Waals surface area contributed by atoms with Crippen molar-refractivity contribution >= 4 is 34.8 Å². The Morgan fingerprint density at radius 3 is 2.40 bits per heavy atom. The summed E-state index contributed by atoms with van der Waals surface area (Å²) in [6.45, 7) is 5.18. The average molecular weight is 366 g/mol. The van der Waals surface area contributed by atoms with Gasteiger partial charge in [-0.2, -0.15) is 0 Å². The van der Waals surface area contributed by atoms with Crippen molar-refractivity contribution in [2.24, 2.45) is 5.41 Å². The Morgan fingerprint density at radius 2 is 1.84 bits per heavy atom. The van der Waals surface area contributed by atoms with Crippen molar-refractivity contribution in [1.82, 2.24) is 4.90 Å². The Balaban J connectivity index is 2.30. The summed E-state index contributed by atoms with van der Waals surface area (Å²) in [4.78, 5) is 29.2. The van der Waals surface area contributed by atoms with Crippen LogP contribution in [0.1, 0.15) is 43.5 Å². The Hall–Kier alpha value is -1.75. The van der Waals surface area contributed by atoms with Crippen LogP contribution in [0.2, 0.25) is 0 Å². The van der Waals surface area contributed by atoms with E-state index in [2.05, 4.69) is 5.32 Å². The number of benzene rings is 1. The van der Waals surface area contributed by atoms with E-state index in [1.807, 2.05) is 36.0 Å². The van der Waals surface area contributed by atoms with Crippen molar-refractivity contribution in [2.45, 2.75) is 33.1 Å². The Morgan fingerprint density at radius 1 is 1.20 bits per heavy atom. The molecular formula is C19H28ClN3O2. The molecule has 0 atom stereocenters. The largest absolute Gasteiger partial charge is 0.377 e. The van der Waals surface area contributed by atoms with E-state index in [9.17, 15) is 9.59 Å². The molecule has 1 fully saturated rings. The summed E-state index contributed by atoms with van der Waals surface area (Å²) in [6.07, 6.45) is 3.26. The topological polar surface area (TPSA) is 52.7 Å². The molecule has 0 bridgehead atoms. The lowest BCUT2D eigenvalue weighted by Crippen LogP contribution is -2.36. The van der Waals surface area contributed by atoms with Crippen molar-refractivity contribution in [1.29, 1.82) is 0 Å². The van der Waals surface area contributed by atoms with Crippen LogP contribution >= 0.6 is 11.6 Å². The molecule has 0 unspecified atom stereocenters. The van der Waals surface area contributed by atoms with Crippen molar-refractivity contribution in [3.8, 4) is 0 Å². The zero-order chi connectivity index (χ0) is 18.6. The van der Waals surface area contributed by atoms with Crippen LogP contribution in [0.3, 0.4) is 0 Å². The second-order valence-electron chi connectivity index (χ2n) is 7.45. The van der Waals surface area contributed by atoms with Gasteiger partial charge in [-0.25, -0.2) is 0 Å². The number of anilines is 2. The van der Waals surface area contributed by atoms with Gasteiger partial charge < -0.3 is 15.1 Å². The van der Waals surface area contributed by atoms with E-state index in [0.29, 0.717) is 11.3 Å². The number of nitrogens with zero attached hydrogens (tertiary/aromatic N) is 2. The first-order chi connectivity index (χ1) is 11.8. The van der Waals surface area contributed by atoms with Crippen LogP contribution in [-0.4, -0.2) is 49.8 Å². The molecule has 1 aromatic carbocycles. The molecular weight excluding hydrogens is 338 g/mol. The Labute approximate surface area is 155 Å². The van der Waals surface area contributed by atoms with Crippen molar-refractivity contribution < 1.29 is 9.59 Å². The Kier molecular flexibility index (Phi) is 6.33. The van der Waals surface area contributed by atoms with Gasteiger partial charge in [0.25, 0.3) is 5.91 Å². The number of amides is 2. The molecule has 1 aliphatic rings. The van der Waals surface area contributed by atoms with E-state index >= 15 is 0 Å². The van der Waals surface area contributed by atoms with Crippen LogP contribution in [0.15, 0.2) is 18.2 Å². The monoisotopic (exact) mass is 365 g/mol. The highest BCUT2D eigenvalue weighted by molar-refractivity contribution is 6.20. The number of hydrogen-bond acceptors (Lipinski definition) is 3. The predicted octanol–water partition coefficient (Wildman–Crippen LogP) is 3.58. The third-order valence-corrected chi connectivity index (χ3v) is 5.23. The summed E-state index contributed by atoms with van der Waals surface area (Å²) in [6, 6.07) is 5.47. The number of carbonyl (C=O) groups is 2. The van der Waals surface area contributed by atoms with Crippen molar-refractivity contribution in [3.63, 3.8) is 0 Å². The second kappa shape index (κ2) is 8.09. The van der Waals surface area contributed by atoms with E-state index in [1.165, 1.54) is 6.42 Å². The van der Waals surface area contributed by atoms with E-state index in [1.54, 1.807) is 19.9 Å². The molecule has 6 heteroatoms. The van der Waals surface area contributed by atoms with Gasteiger partial charge in [-0.3, -0.25) is 9.59 Å². The molecule has 1 saturated heterocycles. The summed E-state index contributed by atoms with van der Waals surface area (Å²) in [5, 5.41) is 2.88. The van der Waals surface area contributed by atoms with Gasteiger partial charge in [-0.15, -0.1) is 11.6 Å². The molecule has 1 N–H and O–H groups in total. The van der Waals surface area contributed by atoms with Gasteiger partial charge in [-0.1, -0.05) is 0 Å². The number of piperidine rings is 1. The standard InChI is InChI=1S/C19H28ClN3O2/c1-19(2,13-20)18(25)21-14-8-9-16(22(3)4)15(12-14)17(24)23-10-6-5-7-11-23/h8-9,12H,5-7,10-11,13H2,1-4H3,(H,21,25). The predicted molar refractivity (Wildman–Crippen MR) is 104 cm³/mol. The first kappa shape index (κ1) is 19.6. The van der Waals surface area contributed by atoms with Crippen LogP contribution in [0.4, 0.5) is 11.4 Å². The molecule has 0 saturated carbocycles. The first-order valence-corrected chi connectivity index (χ1v) is 9.28.